The number of rotatable bonds is 3. The van der Waals surface area contributed by atoms with Crippen LogP contribution < -0.4 is 22.3 Å². The maximum atomic E-state index is 4.05. The molecule has 0 saturated carbocycles. The van der Waals surface area contributed by atoms with Crippen LogP contribution in [0.3, 0.4) is 0 Å². The van der Waals surface area contributed by atoms with Crippen molar-refractivity contribution in [2.24, 2.45) is 41.6 Å². The summed E-state index contributed by atoms with van der Waals surface area (Å²) in [5.41, 5.74) is 0. The number of imidazole rings is 1. The maximum absolute atomic E-state index is 4.05. The second-order valence-corrected chi connectivity index (χ2v) is 4.09. The van der Waals surface area contributed by atoms with Crippen LogP contribution in [0.1, 0.15) is 0 Å². The van der Waals surface area contributed by atoms with Gasteiger partial charge >= 0.3 is 5.95 Å². The predicted octanol–water partition coefficient (Wildman–Crippen LogP) is -2.18. The standard InChI is InChI=1S/C12H16N7.ClH/c1-17-6-4-11(5-7-17)15-13-10-14-16-12-18(2)8-9-19(12)3;/h4-10H,1-3H3;1H/q+1;/p-1. The molecule has 106 valence electrons. The Morgan fingerprint density at radius 1 is 1.15 bits per heavy atom. The lowest BCUT2D eigenvalue weighted by Crippen LogP contribution is -3.00. The van der Waals surface area contributed by atoms with Crippen LogP contribution in [0.25, 0.3) is 0 Å². The Labute approximate surface area is 123 Å². The lowest BCUT2D eigenvalue weighted by molar-refractivity contribution is -0.657. The second-order valence-electron chi connectivity index (χ2n) is 4.09. The molecule has 2 aromatic heterocycles. The van der Waals surface area contributed by atoms with Gasteiger partial charge in [0.2, 0.25) is 0 Å². The van der Waals surface area contributed by atoms with Crippen molar-refractivity contribution in [1.29, 1.82) is 0 Å². The Hall–Kier alpha value is -2.28. The normalized spacial score (nSPS) is 10.9. The Bertz CT molecular complexity index is 641. The van der Waals surface area contributed by atoms with Crippen molar-refractivity contribution in [3.8, 4) is 0 Å². The van der Waals surface area contributed by atoms with Gasteiger partial charge in [0.25, 0.3) is 0 Å². The minimum Gasteiger partial charge on any atom is -1.00 e. The van der Waals surface area contributed by atoms with E-state index in [2.05, 4.69) is 20.4 Å². The van der Waals surface area contributed by atoms with Crippen molar-refractivity contribution >= 4 is 12.3 Å². The highest BCUT2D eigenvalue weighted by Crippen LogP contribution is 2.02. The van der Waals surface area contributed by atoms with Crippen molar-refractivity contribution in [1.82, 2.24) is 9.13 Å². The molecule has 2 aromatic rings. The van der Waals surface area contributed by atoms with Gasteiger partial charge in [0.1, 0.15) is 0 Å². The molecule has 0 aliphatic rings. The highest BCUT2D eigenvalue weighted by molar-refractivity contribution is 5.54. The van der Waals surface area contributed by atoms with Crippen LogP contribution in [-0.2, 0) is 21.1 Å². The largest absolute Gasteiger partial charge is 1.00 e. The number of halogens is 1. The lowest BCUT2D eigenvalue weighted by Gasteiger charge is -1.92. The van der Waals surface area contributed by atoms with Crippen LogP contribution >= 0.6 is 0 Å². The Morgan fingerprint density at radius 2 is 1.85 bits per heavy atom. The van der Waals surface area contributed by atoms with Gasteiger partial charge in [0, 0.05) is 24.6 Å². The molecule has 0 aliphatic heterocycles. The van der Waals surface area contributed by atoms with E-state index in [0.29, 0.717) is 0 Å². The summed E-state index contributed by atoms with van der Waals surface area (Å²) in [5.74, 6) is 0.734. The summed E-state index contributed by atoms with van der Waals surface area (Å²) in [6, 6.07) is 3.73. The first-order chi connectivity index (χ1) is 9.16. The van der Waals surface area contributed by atoms with Crippen LogP contribution in [0.2, 0.25) is 0 Å². The molecule has 0 radical (unpaired) electrons. The highest BCUT2D eigenvalue weighted by atomic mass is 35.5. The molecule has 0 aliphatic carbocycles. The summed E-state index contributed by atoms with van der Waals surface area (Å²) in [7, 11) is 5.75. The number of azo groups is 1. The molecule has 0 saturated heterocycles. The molecule has 0 bridgehead atoms. The van der Waals surface area contributed by atoms with Crippen LogP contribution in [0.15, 0.2) is 57.4 Å². The average Bonchev–Trinajstić information content (AvgIpc) is 2.72. The van der Waals surface area contributed by atoms with Crippen molar-refractivity contribution < 1.29 is 17.0 Å². The van der Waals surface area contributed by atoms with Gasteiger partial charge in [-0.1, -0.05) is 5.11 Å². The molecule has 0 aromatic carbocycles. The fourth-order valence-corrected chi connectivity index (χ4v) is 1.48. The zero-order valence-electron chi connectivity index (χ0n) is 11.5. The van der Waals surface area contributed by atoms with Crippen molar-refractivity contribution in [2.45, 2.75) is 0 Å². The summed E-state index contributed by atoms with van der Waals surface area (Å²) < 4.78 is 5.66. The third-order valence-corrected chi connectivity index (χ3v) is 2.53. The summed E-state index contributed by atoms with van der Waals surface area (Å²) >= 11 is 0. The zero-order chi connectivity index (χ0) is 13.7. The second kappa shape index (κ2) is 7.34. The fourth-order valence-electron chi connectivity index (χ4n) is 1.48. The minimum absolute atomic E-state index is 0. The lowest BCUT2D eigenvalue weighted by atomic mass is 10.5. The van der Waals surface area contributed by atoms with Crippen LogP contribution in [0, 0.1) is 0 Å². The molecule has 0 amide bonds. The van der Waals surface area contributed by atoms with Gasteiger partial charge in [-0.05, 0) is 12.1 Å². The van der Waals surface area contributed by atoms with E-state index in [-0.39, 0.29) is 12.4 Å². The number of aryl methyl sites for hydroxylation is 3. The third kappa shape index (κ3) is 4.13. The molecule has 8 heteroatoms. The molecule has 0 spiro atoms. The van der Waals surface area contributed by atoms with E-state index in [0.717, 1.165) is 11.3 Å². The summed E-state index contributed by atoms with van der Waals surface area (Å²) in [5, 5.41) is 16.5. The zero-order valence-corrected chi connectivity index (χ0v) is 12.3. The molecular formula is C12H16ClN7. The van der Waals surface area contributed by atoms with E-state index < -0.39 is 0 Å². The predicted molar refractivity (Wildman–Crippen MR) is 70.6 cm³/mol. The molecule has 0 fully saturated rings. The summed E-state index contributed by atoms with van der Waals surface area (Å²) in [4.78, 5) is 0. The minimum atomic E-state index is 0. The SMILES string of the molecule is Cn1ccc(=NN=CN=Nc2n(C)cc[n+]2C)cc1.[Cl-]. The van der Waals surface area contributed by atoms with E-state index in [1.54, 1.807) is 0 Å². The first-order valence-corrected chi connectivity index (χ1v) is 5.76. The molecule has 0 atom stereocenters. The Balaban J connectivity index is 0.00000200. The Kier molecular flexibility index (Phi) is 5.79. The molecule has 2 heterocycles. The monoisotopic (exact) mass is 293 g/mol. The van der Waals surface area contributed by atoms with Gasteiger partial charge < -0.3 is 17.0 Å². The molecule has 7 nitrogen and oxygen atoms in total. The van der Waals surface area contributed by atoms with Crippen LogP contribution in [0.5, 0.6) is 0 Å². The van der Waals surface area contributed by atoms with E-state index in [4.69, 9.17) is 0 Å². The molecule has 0 unspecified atom stereocenters. The van der Waals surface area contributed by atoms with Gasteiger partial charge in [0.05, 0.1) is 31.8 Å². The van der Waals surface area contributed by atoms with Gasteiger partial charge in [-0.25, -0.2) is 9.13 Å². The molecule has 20 heavy (non-hydrogen) atoms. The first kappa shape index (κ1) is 15.8. The molecule has 0 N–H and O–H groups in total. The first-order valence-electron chi connectivity index (χ1n) is 5.76. The maximum Gasteiger partial charge on any atom is 0.421 e. The van der Waals surface area contributed by atoms with E-state index in [9.17, 15) is 0 Å². The number of aromatic nitrogens is 3. The topological polar surface area (TPSA) is 63.2 Å². The quantitative estimate of drug-likeness (QED) is 0.203. The van der Waals surface area contributed by atoms with Crippen LogP contribution in [-0.4, -0.2) is 15.5 Å². The van der Waals surface area contributed by atoms with Crippen molar-refractivity contribution in [3.63, 3.8) is 0 Å². The van der Waals surface area contributed by atoms with Crippen LogP contribution in [0.4, 0.5) is 5.95 Å². The van der Waals surface area contributed by atoms with Gasteiger partial charge in [-0.15, -0.1) is 10.2 Å². The van der Waals surface area contributed by atoms with Gasteiger partial charge in [-0.2, -0.15) is 0 Å². The number of hydrogen-bond donors (Lipinski definition) is 0. The Morgan fingerprint density at radius 3 is 2.45 bits per heavy atom. The van der Waals surface area contributed by atoms with E-state index >= 15 is 0 Å². The number of nitrogens with zero attached hydrogens (tertiary/aromatic N) is 7. The number of pyridine rings is 1. The van der Waals surface area contributed by atoms with Crippen molar-refractivity contribution in [2.75, 3.05) is 0 Å². The summed E-state index contributed by atoms with van der Waals surface area (Å²) in [6.45, 7) is 0. The van der Waals surface area contributed by atoms with E-state index in [1.165, 1.54) is 6.34 Å². The number of hydrogen-bond acceptors (Lipinski definition) is 3. The van der Waals surface area contributed by atoms with Crippen molar-refractivity contribution in [3.05, 3.63) is 42.3 Å². The molecule has 2 rings (SSSR count). The molecular weight excluding hydrogens is 278 g/mol. The third-order valence-electron chi connectivity index (χ3n) is 2.53. The average molecular weight is 294 g/mol. The smallest absolute Gasteiger partial charge is 0.421 e. The fraction of sp³-hybridized carbons (Fsp3) is 0.250. The summed E-state index contributed by atoms with van der Waals surface area (Å²) in [6.07, 6.45) is 8.93. The van der Waals surface area contributed by atoms with E-state index in [1.807, 2.05) is 71.8 Å². The van der Waals surface area contributed by atoms with Gasteiger partial charge in [-0.3, -0.25) is 0 Å². The van der Waals surface area contributed by atoms with Gasteiger partial charge in [0.15, 0.2) is 6.34 Å². The highest BCUT2D eigenvalue weighted by Gasteiger charge is 2.08.